The lowest BCUT2D eigenvalue weighted by molar-refractivity contribution is -0.113. The summed E-state index contributed by atoms with van der Waals surface area (Å²) >= 11 is 7.03. The quantitative estimate of drug-likeness (QED) is 0.403. The zero-order valence-corrected chi connectivity index (χ0v) is 18.5. The van der Waals surface area contributed by atoms with Gasteiger partial charge in [0, 0.05) is 16.0 Å². The molecule has 0 unspecified atom stereocenters. The molecule has 0 bridgehead atoms. The highest BCUT2D eigenvalue weighted by Crippen LogP contribution is 2.27. The molecule has 1 N–H and O–H groups in total. The fourth-order valence-electron chi connectivity index (χ4n) is 2.98. The Morgan fingerprint density at radius 1 is 0.871 bits per heavy atom. The molecule has 0 aliphatic rings. The van der Waals surface area contributed by atoms with Gasteiger partial charge in [-0.05, 0) is 35.4 Å². The number of thiazole rings is 1. The zero-order chi connectivity index (χ0) is 21.8. The Balaban J connectivity index is 1.43. The third-order valence-electron chi connectivity index (χ3n) is 4.53. The number of carbonyl (C=O) groups excluding carboxylic acids is 1. The molecule has 3 aromatic carbocycles. The number of benzene rings is 3. The van der Waals surface area contributed by atoms with E-state index in [1.807, 2.05) is 60.0 Å². The summed E-state index contributed by atoms with van der Waals surface area (Å²) in [5.41, 5.74) is 3.84. The van der Waals surface area contributed by atoms with Crippen molar-refractivity contribution < 1.29 is 13.2 Å². The molecule has 0 saturated carbocycles. The maximum absolute atomic E-state index is 12.4. The number of hydrogen-bond acceptors (Lipinski definition) is 5. The summed E-state index contributed by atoms with van der Waals surface area (Å²) in [6.45, 7) is 0. The van der Waals surface area contributed by atoms with Gasteiger partial charge in [0.25, 0.3) is 0 Å². The monoisotopic (exact) mass is 468 g/mol. The van der Waals surface area contributed by atoms with Crippen LogP contribution in [-0.2, 0) is 14.6 Å². The van der Waals surface area contributed by atoms with Crippen molar-refractivity contribution in [1.29, 1.82) is 0 Å². The highest BCUT2D eigenvalue weighted by atomic mass is 35.5. The number of aromatic nitrogens is 1. The average Bonchev–Trinajstić information content (AvgIpc) is 3.22. The molecule has 0 radical (unpaired) electrons. The molecule has 0 spiro atoms. The van der Waals surface area contributed by atoms with E-state index in [4.69, 9.17) is 11.6 Å². The minimum atomic E-state index is -3.77. The predicted octanol–water partition coefficient (Wildman–Crippen LogP) is 5.54. The predicted molar refractivity (Wildman–Crippen MR) is 125 cm³/mol. The van der Waals surface area contributed by atoms with Gasteiger partial charge in [-0.15, -0.1) is 11.3 Å². The molecule has 4 rings (SSSR count). The molecule has 4 aromatic rings. The standard InChI is InChI=1S/C23H17ClN2O3S2/c24-19-10-12-20(13-11-19)31(28,29)15-22(27)26-23-25-21(14-30-23)18-8-6-17(7-9-18)16-4-2-1-3-5-16/h1-14H,15H2,(H,25,26,27). The van der Waals surface area contributed by atoms with Crippen LogP contribution in [-0.4, -0.2) is 25.1 Å². The number of anilines is 1. The highest BCUT2D eigenvalue weighted by Gasteiger charge is 2.20. The van der Waals surface area contributed by atoms with E-state index in [1.165, 1.54) is 35.6 Å². The zero-order valence-electron chi connectivity index (χ0n) is 16.2. The lowest BCUT2D eigenvalue weighted by Gasteiger charge is -2.05. The average molecular weight is 469 g/mol. The number of nitrogens with one attached hydrogen (secondary N) is 1. The van der Waals surface area contributed by atoms with Crippen LogP contribution in [0.1, 0.15) is 0 Å². The normalized spacial score (nSPS) is 11.3. The Kier molecular flexibility index (Phi) is 6.18. The third-order valence-corrected chi connectivity index (χ3v) is 7.17. The van der Waals surface area contributed by atoms with Gasteiger partial charge in [0.1, 0.15) is 5.75 Å². The maximum Gasteiger partial charge on any atom is 0.241 e. The highest BCUT2D eigenvalue weighted by molar-refractivity contribution is 7.92. The Morgan fingerprint density at radius 2 is 1.48 bits per heavy atom. The van der Waals surface area contributed by atoms with Gasteiger partial charge in [-0.25, -0.2) is 13.4 Å². The van der Waals surface area contributed by atoms with Crippen LogP contribution in [0.15, 0.2) is 89.1 Å². The number of hydrogen-bond donors (Lipinski definition) is 1. The van der Waals surface area contributed by atoms with Crippen molar-refractivity contribution in [2.24, 2.45) is 0 Å². The molecular weight excluding hydrogens is 452 g/mol. The number of carbonyl (C=O) groups is 1. The second-order valence-electron chi connectivity index (χ2n) is 6.74. The number of halogens is 1. The molecule has 0 aliphatic carbocycles. The third kappa shape index (κ3) is 5.19. The van der Waals surface area contributed by atoms with Gasteiger partial charge >= 0.3 is 0 Å². The van der Waals surface area contributed by atoms with Gasteiger partial charge in [-0.2, -0.15) is 0 Å². The molecule has 5 nitrogen and oxygen atoms in total. The summed E-state index contributed by atoms with van der Waals surface area (Å²) in [5, 5.41) is 5.16. The van der Waals surface area contributed by atoms with E-state index in [0.717, 1.165) is 16.7 Å². The van der Waals surface area contributed by atoms with Gasteiger partial charge in [-0.3, -0.25) is 4.79 Å². The van der Waals surface area contributed by atoms with E-state index in [2.05, 4.69) is 10.3 Å². The molecule has 156 valence electrons. The first-order valence-corrected chi connectivity index (χ1v) is 12.2. The van der Waals surface area contributed by atoms with E-state index in [-0.39, 0.29) is 4.90 Å². The molecule has 8 heteroatoms. The molecule has 0 fully saturated rings. The Bertz CT molecular complexity index is 1300. The lowest BCUT2D eigenvalue weighted by Crippen LogP contribution is -2.22. The molecule has 1 amide bonds. The maximum atomic E-state index is 12.4. The summed E-state index contributed by atoms with van der Waals surface area (Å²) in [4.78, 5) is 16.7. The van der Waals surface area contributed by atoms with Crippen molar-refractivity contribution in [1.82, 2.24) is 4.98 Å². The largest absolute Gasteiger partial charge is 0.301 e. The molecule has 0 atom stereocenters. The van der Waals surface area contributed by atoms with Crippen molar-refractivity contribution in [2.45, 2.75) is 4.90 Å². The van der Waals surface area contributed by atoms with Crippen LogP contribution in [0.5, 0.6) is 0 Å². The smallest absolute Gasteiger partial charge is 0.241 e. The van der Waals surface area contributed by atoms with E-state index in [1.54, 1.807) is 0 Å². The van der Waals surface area contributed by atoms with Gasteiger partial charge in [0.05, 0.1) is 10.6 Å². The first-order valence-electron chi connectivity index (χ1n) is 9.30. The van der Waals surface area contributed by atoms with Crippen LogP contribution in [0, 0.1) is 0 Å². The summed E-state index contributed by atoms with van der Waals surface area (Å²) < 4.78 is 24.8. The van der Waals surface area contributed by atoms with E-state index in [9.17, 15) is 13.2 Å². The van der Waals surface area contributed by atoms with Crippen LogP contribution < -0.4 is 5.32 Å². The van der Waals surface area contributed by atoms with Crippen LogP contribution in [0.25, 0.3) is 22.4 Å². The lowest BCUT2D eigenvalue weighted by atomic mass is 10.0. The summed E-state index contributed by atoms with van der Waals surface area (Å²) in [6.07, 6.45) is 0. The van der Waals surface area contributed by atoms with E-state index in [0.29, 0.717) is 15.8 Å². The van der Waals surface area contributed by atoms with Gasteiger partial charge < -0.3 is 5.32 Å². The summed E-state index contributed by atoms with van der Waals surface area (Å²) in [5.74, 6) is -1.31. The van der Waals surface area contributed by atoms with Crippen molar-refractivity contribution in [2.75, 3.05) is 11.1 Å². The number of sulfone groups is 1. The minimum Gasteiger partial charge on any atom is -0.301 e. The molecule has 1 heterocycles. The van der Waals surface area contributed by atoms with Crippen molar-refractivity contribution in [3.8, 4) is 22.4 Å². The first-order chi connectivity index (χ1) is 14.9. The Labute approximate surface area is 189 Å². The van der Waals surface area contributed by atoms with Gasteiger partial charge in [0.2, 0.25) is 5.91 Å². The van der Waals surface area contributed by atoms with Crippen molar-refractivity contribution in [3.05, 3.63) is 89.3 Å². The topological polar surface area (TPSA) is 76.1 Å². The van der Waals surface area contributed by atoms with E-state index >= 15 is 0 Å². The number of nitrogens with zero attached hydrogens (tertiary/aromatic N) is 1. The molecular formula is C23H17ClN2O3S2. The fourth-order valence-corrected chi connectivity index (χ4v) is 4.98. The second-order valence-corrected chi connectivity index (χ2v) is 10.0. The summed E-state index contributed by atoms with van der Waals surface area (Å²) in [7, 11) is -3.77. The Hall–Kier alpha value is -3.00. The second kappa shape index (κ2) is 9.01. The van der Waals surface area contributed by atoms with Crippen molar-refractivity contribution >= 4 is 43.8 Å². The van der Waals surface area contributed by atoms with Crippen molar-refractivity contribution in [3.63, 3.8) is 0 Å². The molecule has 1 aromatic heterocycles. The number of rotatable bonds is 6. The fraction of sp³-hybridized carbons (Fsp3) is 0.0435. The van der Waals surface area contributed by atoms with Crippen LogP contribution in [0.2, 0.25) is 5.02 Å². The van der Waals surface area contributed by atoms with Crippen LogP contribution >= 0.6 is 22.9 Å². The van der Waals surface area contributed by atoms with Crippen LogP contribution in [0.4, 0.5) is 5.13 Å². The van der Waals surface area contributed by atoms with E-state index < -0.39 is 21.5 Å². The van der Waals surface area contributed by atoms with Gasteiger partial charge in [-0.1, -0.05) is 66.2 Å². The SMILES string of the molecule is O=C(CS(=O)(=O)c1ccc(Cl)cc1)Nc1nc(-c2ccc(-c3ccccc3)cc2)cs1. The summed E-state index contributed by atoms with van der Waals surface area (Å²) in [6, 6.07) is 23.7. The molecule has 0 saturated heterocycles. The Morgan fingerprint density at radius 3 is 2.16 bits per heavy atom. The molecule has 0 aliphatic heterocycles. The minimum absolute atomic E-state index is 0.0467. The first kappa shape index (κ1) is 21.2. The van der Waals surface area contributed by atoms with Crippen LogP contribution in [0.3, 0.4) is 0 Å². The van der Waals surface area contributed by atoms with Gasteiger partial charge in [0.15, 0.2) is 15.0 Å². The number of amides is 1. The molecule has 31 heavy (non-hydrogen) atoms.